The number of rotatable bonds is 7. The van der Waals surface area contributed by atoms with Gasteiger partial charge >= 0.3 is 0 Å². The Morgan fingerprint density at radius 3 is 1.40 bits per heavy atom. The molecule has 2 aromatic heterocycles. The molecule has 75 heavy (non-hydrogen) atoms. The maximum Gasteiger partial charge on any atom is 0.164 e. The molecule has 1 spiro atoms. The molecule has 0 saturated carbocycles. The number of hydrogen-bond acceptors (Lipinski definition) is 6. The van der Waals surface area contributed by atoms with Crippen molar-refractivity contribution < 1.29 is 0 Å². The van der Waals surface area contributed by atoms with Gasteiger partial charge in [-0.15, -0.1) is 0 Å². The first-order valence-corrected chi connectivity index (χ1v) is 25.7. The Bertz CT molecular complexity index is 4050. The molecule has 6 nitrogen and oxygen atoms in total. The second kappa shape index (κ2) is 17.6. The molecular formula is C69H48N6. The Hall–Kier alpha value is -9.52. The van der Waals surface area contributed by atoms with Crippen molar-refractivity contribution in [3.8, 4) is 79.2 Å². The minimum absolute atomic E-state index is 0.264. The van der Waals surface area contributed by atoms with E-state index in [4.69, 9.17) is 29.9 Å². The van der Waals surface area contributed by atoms with Crippen LogP contribution in [0.25, 0.3) is 90.8 Å². The maximum atomic E-state index is 5.44. The number of allylic oxidation sites excluding steroid dienone is 3. The van der Waals surface area contributed by atoms with Crippen LogP contribution in [0.2, 0.25) is 0 Å². The van der Waals surface area contributed by atoms with Crippen molar-refractivity contribution in [2.75, 3.05) is 0 Å². The smallest absolute Gasteiger partial charge is 0.164 e. The van der Waals surface area contributed by atoms with Crippen molar-refractivity contribution in [1.29, 1.82) is 0 Å². The fraction of sp³-hybridized carbons (Fsp3) is 0.0725. The van der Waals surface area contributed by atoms with Crippen LogP contribution in [0.4, 0.5) is 0 Å². The van der Waals surface area contributed by atoms with Gasteiger partial charge in [0.05, 0.1) is 5.41 Å². The van der Waals surface area contributed by atoms with E-state index in [9.17, 15) is 0 Å². The van der Waals surface area contributed by atoms with Gasteiger partial charge in [-0.1, -0.05) is 250 Å². The minimum atomic E-state index is -0.683. The van der Waals surface area contributed by atoms with Gasteiger partial charge in [-0.25, -0.2) is 29.9 Å². The molecule has 3 aliphatic rings. The zero-order chi connectivity index (χ0) is 50.1. The molecule has 0 unspecified atom stereocenters. The largest absolute Gasteiger partial charge is 0.208 e. The highest BCUT2D eigenvalue weighted by molar-refractivity contribution is 5.97. The molecule has 3 aliphatic carbocycles. The average Bonchev–Trinajstić information content (AvgIpc) is 3.62. The monoisotopic (exact) mass is 960 g/mol. The van der Waals surface area contributed by atoms with Crippen LogP contribution in [0, 0.1) is 0 Å². The molecular weight excluding hydrogens is 913 g/mol. The summed E-state index contributed by atoms with van der Waals surface area (Å²) in [6.45, 7) is 4.72. The molecule has 11 aromatic rings. The van der Waals surface area contributed by atoms with Gasteiger partial charge in [0, 0.05) is 38.8 Å². The van der Waals surface area contributed by atoms with Crippen molar-refractivity contribution in [2.24, 2.45) is 0 Å². The zero-order valence-corrected chi connectivity index (χ0v) is 41.5. The van der Waals surface area contributed by atoms with Crippen LogP contribution in [-0.2, 0) is 17.3 Å². The van der Waals surface area contributed by atoms with Crippen molar-refractivity contribution in [1.82, 2.24) is 29.9 Å². The van der Waals surface area contributed by atoms with Gasteiger partial charge in [0.25, 0.3) is 0 Å². The van der Waals surface area contributed by atoms with E-state index in [2.05, 4.69) is 214 Å². The first-order valence-electron chi connectivity index (χ1n) is 25.7. The Morgan fingerprint density at radius 2 is 0.773 bits per heavy atom. The summed E-state index contributed by atoms with van der Waals surface area (Å²) < 4.78 is 0. The molecule has 0 bridgehead atoms. The van der Waals surface area contributed by atoms with E-state index in [1.165, 1.54) is 44.5 Å². The molecule has 354 valence electrons. The molecule has 0 radical (unpaired) electrons. The summed E-state index contributed by atoms with van der Waals surface area (Å²) >= 11 is 0. The van der Waals surface area contributed by atoms with Crippen LogP contribution < -0.4 is 0 Å². The fourth-order valence-electron chi connectivity index (χ4n) is 11.9. The molecule has 9 aromatic carbocycles. The number of fused-ring (bicyclic) bond motifs is 10. The van der Waals surface area contributed by atoms with Gasteiger partial charge in [0.1, 0.15) is 0 Å². The molecule has 0 aliphatic heterocycles. The summed E-state index contributed by atoms with van der Waals surface area (Å²) in [6.07, 6.45) is 7.31. The minimum Gasteiger partial charge on any atom is -0.208 e. The third kappa shape index (κ3) is 7.24. The summed E-state index contributed by atoms with van der Waals surface area (Å²) in [5.74, 6) is 3.63. The molecule has 0 saturated heterocycles. The standard InChI is InChI=1S/C69H48N6/c1-68(2)56-28-14-16-30-58(56)69(59-31-17-15-29-57(59)68)55-42-41-52(66-72-62(48-23-8-4-9-24-48)70-64(73-66)50-37-33-45-21-12-13-22-46(45)34-38-50)43-54(55)61-53(27-18-32-60(61)69)67-74-63(49-25-10-5-11-26-49)71-65(75-67)51-39-35-47(36-40-51)44-19-6-3-7-20-44/h3-33,35-43H,34H2,1-2H3. The summed E-state index contributed by atoms with van der Waals surface area (Å²) in [4.78, 5) is 31.9. The van der Waals surface area contributed by atoms with Crippen LogP contribution in [0.15, 0.2) is 237 Å². The lowest BCUT2D eigenvalue weighted by molar-refractivity contribution is 0.563. The zero-order valence-electron chi connectivity index (χ0n) is 41.5. The molecule has 0 N–H and O–H groups in total. The highest BCUT2D eigenvalue weighted by Gasteiger charge is 2.54. The normalized spacial score (nSPS) is 14.2. The second-order valence-electron chi connectivity index (χ2n) is 20.1. The SMILES string of the molecule is CC1(C)c2ccccc2C2(c3ccc(-c4nc(C5=CCc6ccccc6C=C5)nc(-c5ccccc5)n4)cc3-c3c(-c4nc(-c5ccccc5)nc(-c5ccc(-c6ccccc6)cc5)n4)cccc32)c2ccccc21. The average molecular weight is 961 g/mol. The molecule has 0 atom stereocenters. The number of aromatic nitrogens is 6. The predicted octanol–water partition coefficient (Wildman–Crippen LogP) is 15.7. The Kier molecular flexibility index (Phi) is 10.4. The first kappa shape index (κ1) is 44.2. The highest BCUT2D eigenvalue weighted by atomic mass is 15.0. The molecule has 0 amide bonds. The van der Waals surface area contributed by atoms with Crippen molar-refractivity contribution in [3.63, 3.8) is 0 Å². The quantitative estimate of drug-likeness (QED) is 0.158. The first-order chi connectivity index (χ1) is 36.9. The third-order valence-corrected chi connectivity index (χ3v) is 15.6. The second-order valence-corrected chi connectivity index (χ2v) is 20.1. The van der Waals surface area contributed by atoms with Gasteiger partial charge < -0.3 is 0 Å². The lowest BCUT2D eigenvalue weighted by Crippen LogP contribution is -2.40. The fourth-order valence-corrected chi connectivity index (χ4v) is 11.9. The van der Waals surface area contributed by atoms with Crippen LogP contribution in [0.1, 0.15) is 64.2 Å². The van der Waals surface area contributed by atoms with Crippen molar-refractivity contribution in [3.05, 3.63) is 287 Å². The Balaban J connectivity index is 1.02. The van der Waals surface area contributed by atoms with Gasteiger partial charge in [-0.3, -0.25) is 0 Å². The van der Waals surface area contributed by atoms with E-state index in [1.54, 1.807) is 0 Å². The number of nitrogens with zero attached hydrogens (tertiary/aromatic N) is 6. The van der Waals surface area contributed by atoms with Crippen LogP contribution in [0.3, 0.4) is 0 Å². The van der Waals surface area contributed by atoms with Gasteiger partial charge in [-0.2, -0.15) is 0 Å². The van der Waals surface area contributed by atoms with Crippen LogP contribution >= 0.6 is 0 Å². The van der Waals surface area contributed by atoms with Gasteiger partial charge in [-0.05, 0) is 79.2 Å². The highest BCUT2D eigenvalue weighted by Crippen LogP contribution is 2.63. The molecule has 0 fully saturated rings. The van der Waals surface area contributed by atoms with E-state index < -0.39 is 5.41 Å². The molecule has 6 heteroatoms. The lowest BCUT2D eigenvalue weighted by atomic mass is 9.55. The lowest BCUT2D eigenvalue weighted by Gasteiger charge is -2.46. The van der Waals surface area contributed by atoms with Crippen LogP contribution in [0.5, 0.6) is 0 Å². The summed E-state index contributed by atoms with van der Waals surface area (Å²) in [5.41, 5.74) is 18.9. The van der Waals surface area contributed by atoms with Gasteiger partial charge in [0.2, 0.25) is 0 Å². The van der Waals surface area contributed by atoms with E-state index >= 15 is 0 Å². The van der Waals surface area contributed by atoms with E-state index in [0.29, 0.717) is 34.9 Å². The summed E-state index contributed by atoms with van der Waals surface area (Å²) in [5, 5.41) is 0. The number of benzene rings is 9. The van der Waals surface area contributed by atoms with Crippen molar-refractivity contribution in [2.45, 2.75) is 31.1 Å². The number of hydrogen-bond donors (Lipinski definition) is 0. The Labute approximate surface area is 436 Å². The summed E-state index contributed by atoms with van der Waals surface area (Å²) in [7, 11) is 0. The van der Waals surface area contributed by atoms with Gasteiger partial charge in [0.15, 0.2) is 34.9 Å². The van der Waals surface area contributed by atoms with Crippen molar-refractivity contribution >= 4 is 11.6 Å². The van der Waals surface area contributed by atoms with E-state index in [-0.39, 0.29) is 5.41 Å². The van der Waals surface area contributed by atoms with E-state index in [0.717, 1.165) is 62.1 Å². The molecule has 2 heterocycles. The predicted molar refractivity (Wildman–Crippen MR) is 302 cm³/mol. The maximum absolute atomic E-state index is 5.44. The third-order valence-electron chi connectivity index (χ3n) is 15.6. The van der Waals surface area contributed by atoms with E-state index in [1.807, 2.05) is 42.5 Å². The summed E-state index contributed by atoms with van der Waals surface area (Å²) in [6, 6.07) is 79.6. The van der Waals surface area contributed by atoms with Crippen LogP contribution in [-0.4, -0.2) is 29.9 Å². The topological polar surface area (TPSA) is 77.3 Å². The molecule has 14 rings (SSSR count). The Morgan fingerprint density at radius 1 is 0.320 bits per heavy atom.